The molecule has 8 aromatic rings. The highest BCUT2D eigenvalue weighted by Gasteiger charge is 2.50. The summed E-state index contributed by atoms with van der Waals surface area (Å²) in [6, 6.07) is 62.6. The van der Waals surface area contributed by atoms with E-state index in [1.807, 2.05) is 0 Å². The zero-order valence-corrected chi connectivity index (χ0v) is 49.4. The Kier molecular flexibility index (Phi) is 11.8. The monoisotopic (exact) mass is 1060 g/mol. The summed E-state index contributed by atoms with van der Waals surface area (Å²) in [6.07, 6.45) is 26.8. The molecule has 16 rings (SSSR count). The minimum absolute atomic E-state index is 0.0393. The molecule has 8 aromatic carbocycles. The highest BCUT2D eigenvalue weighted by molar-refractivity contribution is 5.91. The van der Waals surface area contributed by atoms with Gasteiger partial charge in [0.1, 0.15) is 0 Å². The highest BCUT2D eigenvalue weighted by atomic mass is 14.5. The smallest absolute Gasteiger partial charge is 0.0215 e. The number of rotatable bonds is 7. The number of fused-ring (bicyclic) bond motifs is 12. The summed E-state index contributed by atoms with van der Waals surface area (Å²) in [5.74, 6) is 2.60. The lowest BCUT2D eigenvalue weighted by molar-refractivity contribution is 0.258. The fourth-order valence-corrected chi connectivity index (χ4v) is 19.9. The molecule has 4 saturated carbocycles. The maximum atomic E-state index is 2.68. The summed E-state index contributed by atoms with van der Waals surface area (Å²) in [7, 11) is 0. The molecular weight excluding hydrogens is 973 g/mol. The first-order valence-electron chi connectivity index (χ1n) is 32.7. The lowest BCUT2D eigenvalue weighted by Gasteiger charge is -2.40. The summed E-state index contributed by atoms with van der Waals surface area (Å²) >= 11 is 0. The van der Waals surface area contributed by atoms with Gasteiger partial charge in [0.2, 0.25) is 0 Å². The highest BCUT2D eigenvalue weighted by Crippen LogP contribution is 2.62. The van der Waals surface area contributed by atoms with Gasteiger partial charge in [-0.25, -0.2) is 0 Å². The number of hydrogen-bond acceptors (Lipinski definition) is 0. The molecule has 0 nitrogen and oxygen atoms in total. The van der Waals surface area contributed by atoms with Crippen LogP contribution in [-0.2, 0) is 21.7 Å². The van der Waals surface area contributed by atoms with E-state index in [2.05, 4.69) is 186 Å². The molecule has 0 bridgehead atoms. The van der Waals surface area contributed by atoms with Gasteiger partial charge in [0.05, 0.1) is 0 Å². The van der Waals surface area contributed by atoms with Gasteiger partial charge in [-0.15, -0.1) is 0 Å². The van der Waals surface area contributed by atoms with Gasteiger partial charge in [0, 0.05) is 21.7 Å². The van der Waals surface area contributed by atoms with Gasteiger partial charge in [0.15, 0.2) is 0 Å². The molecular formula is C81H84. The van der Waals surface area contributed by atoms with Crippen molar-refractivity contribution in [2.75, 3.05) is 0 Å². The molecule has 0 amide bonds. The second-order valence-corrected chi connectivity index (χ2v) is 28.3. The van der Waals surface area contributed by atoms with E-state index in [0.717, 1.165) is 0 Å². The second-order valence-electron chi connectivity index (χ2n) is 28.3. The average Bonchev–Trinajstić information content (AvgIpc) is 3.73. The predicted molar refractivity (Wildman–Crippen MR) is 341 cm³/mol. The van der Waals surface area contributed by atoms with Gasteiger partial charge >= 0.3 is 0 Å². The molecule has 81 heavy (non-hydrogen) atoms. The first kappa shape index (κ1) is 50.5. The van der Waals surface area contributed by atoms with E-state index in [-0.39, 0.29) is 21.7 Å². The van der Waals surface area contributed by atoms with Crippen molar-refractivity contribution in [2.24, 2.45) is 23.7 Å². The maximum Gasteiger partial charge on any atom is 0.0215 e. The van der Waals surface area contributed by atoms with Crippen molar-refractivity contribution in [2.45, 2.75) is 185 Å². The minimum atomic E-state index is -0.0631. The molecule has 0 aliphatic heterocycles. The molecule has 4 fully saturated rings. The quantitative estimate of drug-likeness (QED) is 0.149. The van der Waals surface area contributed by atoms with Crippen LogP contribution in [0.15, 0.2) is 152 Å². The summed E-state index contributed by atoms with van der Waals surface area (Å²) in [4.78, 5) is 0. The second kappa shape index (κ2) is 18.9. The van der Waals surface area contributed by atoms with E-state index in [1.54, 1.807) is 44.5 Å². The van der Waals surface area contributed by atoms with E-state index in [9.17, 15) is 0 Å². The van der Waals surface area contributed by atoms with Crippen LogP contribution in [-0.4, -0.2) is 0 Å². The number of hydrogen-bond donors (Lipinski definition) is 0. The molecule has 0 saturated heterocycles. The van der Waals surface area contributed by atoms with Crippen molar-refractivity contribution in [3.05, 3.63) is 202 Å². The number of aryl methyl sites for hydroxylation is 1. The lowest BCUT2D eigenvalue weighted by atomic mass is 9.64. The van der Waals surface area contributed by atoms with Crippen LogP contribution in [0.5, 0.6) is 0 Å². The Hall–Kier alpha value is -6.24. The SMILES string of the molecule is Cc1ccc2c(c1)C(C)(C1CCCCC1)c1cc(-c3ccc4c(c3)C(C)(C3CCCCC3)c3cc(-c5ccc6c(c5)C(C)(C5CCCCC5)c5cc(-c7ccc8c(c7)C(C)(C7CCCCC7)c7ccccc7-8)ccc5-6)ccc3-4)ccc1-2. The van der Waals surface area contributed by atoms with Crippen molar-refractivity contribution in [1.29, 1.82) is 0 Å². The van der Waals surface area contributed by atoms with Gasteiger partial charge in [-0.05, 0) is 241 Å². The van der Waals surface area contributed by atoms with Crippen LogP contribution in [0.2, 0.25) is 0 Å². The van der Waals surface area contributed by atoms with Crippen LogP contribution < -0.4 is 0 Å². The standard InChI is InChI=1S/C81H84/c1-51-30-37-63-65-39-32-53(46-73(65)79(3,71(63)44-51)59-22-12-7-13-23-59)55-34-41-67-69-43-36-57(50-77(69)81(5,75(67)48-55)61-26-16-9-17-27-61)56-35-42-68-66-40-33-54(47-74(66)80(4,76(68)49-56)60-24-14-8-15-25-60)52-31-38-64-62-28-18-19-29-70(62)78(2,72(64)45-52)58-20-10-6-11-21-58/h18-19,28-50,58-61H,6-17,20-27H2,1-5H3. The van der Waals surface area contributed by atoms with E-state index in [4.69, 9.17) is 0 Å². The summed E-state index contributed by atoms with van der Waals surface area (Å²) in [5, 5.41) is 0. The Balaban J connectivity index is 0.773. The van der Waals surface area contributed by atoms with Crippen LogP contribution in [0.1, 0.15) is 206 Å². The predicted octanol–water partition coefficient (Wildman–Crippen LogP) is 22.5. The third-order valence-corrected chi connectivity index (χ3v) is 24.5. The normalized spacial score (nSPS) is 25.8. The molecule has 0 heterocycles. The summed E-state index contributed by atoms with van der Waals surface area (Å²) < 4.78 is 0. The summed E-state index contributed by atoms with van der Waals surface area (Å²) in [6.45, 7) is 12.8. The van der Waals surface area contributed by atoms with Gasteiger partial charge < -0.3 is 0 Å². The van der Waals surface area contributed by atoms with Gasteiger partial charge in [0.25, 0.3) is 0 Å². The summed E-state index contributed by atoms with van der Waals surface area (Å²) in [5.41, 5.74) is 33.8. The Morgan fingerprint density at radius 2 is 0.457 bits per heavy atom. The fourth-order valence-electron chi connectivity index (χ4n) is 19.9. The molecule has 408 valence electrons. The molecule has 0 heteroatoms. The minimum Gasteiger partial charge on any atom is -0.0619 e. The van der Waals surface area contributed by atoms with E-state index in [1.165, 1.54) is 212 Å². The zero-order valence-electron chi connectivity index (χ0n) is 49.4. The first-order chi connectivity index (χ1) is 39.6. The molecule has 8 aliphatic rings. The molecule has 4 atom stereocenters. The van der Waals surface area contributed by atoms with Crippen LogP contribution in [0.4, 0.5) is 0 Å². The van der Waals surface area contributed by atoms with E-state index in [0.29, 0.717) is 23.7 Å². The van der Waals surface area contributed by atoms with Crippen LogP contribution >= 0.6 is 0 Å². The van der Waals surface area contributed by atoms with Crippen molar-refractivity contribution in [3.8, 4) is 77.9 Å². The first-order valence-corrected chi connectivity index (χ1v) is 32.7. The van der Waals surface area contributed by atoms with Crippen LogP contribution in [0, 0.1) is 30.6 Å². The Morgan fingerprint density at radius 3 is 0.741 bits per heavy atom. The average molecular weight is 1060 g/mol. The van der Waals surface area contributed by atoms with Gasteiger partial charge in [-0.1, -0.05) is 226 Å². The molecule has 0 N–H and O–H groups in total. The van der Waals surface area contributed by atoms with Crippen molar-refractivity contribution in [1.82, 2.24) is 0 Å². The lowest BCUT2D eigenvalue weighted by Crippen LogP contribution is -2.33. The number of benzene rings is 8. The van der Waals surface area contributed by atoms with Crippen LogP contribution in [0.3, 0.4) is 0 Å². The Labute approximate surface area is 485 Å². The zero-order chi connectivity index (χ0) is 54.4. The van der Waals surface area contributed by atoms with Crippen molar-refractivity contribution < 1.29 is 0 Å². The van der Waals surface area contributed by atoms with Gasteiger partial charge in [-0.2, -0.15) is 0 Å². The molecule has 8 aliphatic carbocycles. The van der Waals surface area contributed by atoms with E-state index < -0.39 is 0 Å². The largest absolute Gasteiger partial charge is 0.0619 e. The molecule has 0 radical (unpaired) electrons. The molecule has 0 spiro atoms. The maximum absolute atomic E-state index is 2.68. The topological polar surface area (TPSA) is 0 Å². The Morgan fingerprint density at radius 1 is 0.235 bits per heavy atom. The van der Waals surface area contributed by atoms with Crippen LogP contribution in [0.25, 0.3) is 77.9 Å². The van der Waals surface area contributed by atoms with Crippen molar-refractivity contribution >= 4 is 0 Å². The molecule has 4 unspecified atom stereocenters. The van der Waals surface area contributed by atoms with Crippen molar-refractivity contribution in [3.63, 3.8) is 0 Å². The molecule has 0 aromatic heterocycles. The van der Waals surface area contributed by atoms with Gasteiger partial charge in [-0.3, -0.25) is 0 Å². The Bertz CT molecular complexity index is 3840. The fraction of sp³-hybridized carbons (Fsp3) is 0.407. The third-order valence-electron chi connectivity index (χ3n) is 24.5. The van der Waals surface area contributed by atoms with E-state index >= 15 is 0 Å². The third kappa shape index (κ3) is 7.32.